The third-order valence-electron chi connectivity index (χ3n) is 9.57. The molecule has 4 N–H and O–H groups in total. The lowest BCUT2D eigenvalue weighted by atomic mass is 10.1. The first-order valence-corrected chi connectivity index (χ1v) is 24.2. The van der Waals surface area contributed by atoms with E-state index in [1.165, 1.54) is 10.5 Å². The maximum atomic E-state index is 11.5. The van der Waals surface area contributed by atoms with Crippen LogP contribution in [0.5, 0.6) is 23.1 Å². The van der Waals surface area contributed by atoms with E-state index in [1.54, 1.807) is 87.5 Å². The highest BCUT2D eigenvalue weighted by molar-refractivity contribution is 7.94. The molecule has 0 atom stereocenters. The summed E-state index contributed by atoms with van der Waals surface area (Å²) >= 11 is 0.934. The van der Waals surface area contributed by atoms with Gasteiger partial charge < -0.3 is 19.3 Å². The number of fused-ring (bicyclic) bond motifs is 3. The van der Waals surface area contributed by atoms with Gasteiger partial charge in [-0.3, -0.25) is 13.5 Å². The van der Waals surface area contributed by atoms with Gasteiger partial charge in [0.25, 0.3) is 20.2 Å². The van der Waals surface area contributed by atoms with Gasteiger partial charge >= 0.3 is 0 Å². The number of azo groups is 3. The van der Waals surface area contributed by atoms with Crippen LogP contribution in [0.2, 0.25) is 0 Å². The largest absolute Gasteiger partial charge is 0.494 e. The first-order chi connectivity index (χ1) is 32.0. The standard InChI is InChI=1S/C42H43N9O13S3/c1-26-21-35(38(61-16-7-19-66(54,55)56)23-33(26)46-45-29-11-13-30(14-12-29)60-15-6-18-65-64-63-53)48-47-34-24-39(62-17-8-20-67(57,58)59)36(22-27(34)2)49-50-40-28(3)31(25-43)41-44-32-9-4-5-10-37(32)51(41)42(40)52/h4-5,9-14,21-24,52-53H,6-8,15-20H2,1-3H3,(H,54,55,56)(H,57,58,59). The Labute approximate surface area is 388 Å². The molecule has 4 aromatic carbocycles. The van der Waals surface area contributed by atoms with Crippen molar-refractivity contribution in [3.63, 3.8) is 0 Å². The molecule has 0 saturated heterocycles. The number of hydrogen-bond donors (Lipinski definition) is 4. The molecule has 0 spiro atoms. The van der Waals surface area contributed by atoms with E-state index < -0.39 is 31.7 Å². The number of pyridine rings is 1. The summed E-state index contributed by atoms with van der Waals surface area (Å²) in [5.74, 6) is -0.0566. The summed E-state index contributed by atoms with van der Waals surface area (Å²) < 4.78 is 87.5. The minimum absolute atomic E-state index is 0.0125. The van der Waals surface area contributed by atoms with Crippen LogP contribution in [0.15, 0.2) is 103 Å². The summed E-state index contributed by atoms with van der Waals surface area (Å²) in [5.41, 5.74) is 4.49. The molecular weight excluding hydrogens is 935 g/mol. The maximum Gasteiger partial charge on any atom is 0.264 e. The van der Waals surface area contributed by atoms with Gasteiger partial charge in [-0.25, -0.2) is 10.2 Å². The van der Waals surface area contributed by atoms with Crippen molar-refractivity contribution in [2.24, 2.45) is 30.7 Å². The van der Waals surface area contributed by atoms with Gasteiger partial charge in [-0.1, -0.05) is 17.2 Å². The third kappa shape index (κ3) is 13.7. The highest BCUT2D eigenvalue weighted by atomic mass is 32.2. The summed E-state index contributed by atoms with van der Waals surface area (Å²) in [6.07, 6.45) is 0.494. The molecule has 6 rings (SSSR count). The van der Waals surface area contributed by atoms with Crippen LogP contribution in [0.4, 0.5) is 34.1 Å². The molecule has 0 bridgehead atoms. The number of rotatable bonds is 23. The average Bonchev–Trinajstić information content (AvgIpc) is 3.67. The fraction of sp³-hybridized carbons (Fsp3) is 0.286. The fourth-order valence-corrected chi connectivity index (χ4v) is 7.60. The number of hydrogen-bond acceptors (Lipinski definition) is 20. The van der Waals surface area contributed by atoms with Gasteiger partial charge in [0, 0.05) is 35.5 Å². The van der Waals surface area contributed by atoms with E-state index in [-0.39, 0.29) is 77.4 Å². The van der Waals surface area contributed by atoms with Crippen LogP contribution in [-0.2, 0) is 29.6 Å². The number of benzene rings is 4. The van der Waals surface area contributed by atoms with Crippen LogP contribution in [0, 0.1) is 32.1 Å². The first-order valence-electron chi connectivity index (χ1n) is 20.1. The van der Waals surface area contributed by atoms with Crippen molar-refractivity contribution in [2.75, 3.05) is 37.1 Å². The minimum Gasteiger partial charge on any atom is -0.494 e. The van der Waals surface area contributed by atoms with Crippen LogP contribution in [0.1, 0.15) is 41.5 Å². The molecule has 352 valence electrons. The van der Waals surface area contributed by atoms with Gasteiger partial charge in [0.15, 0.2) is 11.3 Å². The van der Waals surface area contributed by atoms with Gasteiger partial charge in [-0.15, -0.1) is 19.7 Å². The maximum absolute atomic E-state index is 11.5. The normalized spacial score (nSPS) is 12.3. The highest BCUT2D eigenvalue weighted by Gasteiger charge is 2.21. The minimum atomic E-state index is -4.29. The van der Waals surface area contributed by atoms with E-state index in [0.29, 0.717) is 63.6 Å². The molecule has 2 aromatic heterocycles. The summed E-state index contributed by atoms with van der Waals surface area (Å²) in [5, 5.41) is 59.7. The predicted octanol–water partition coefficient (Wildman–Crippen LogP) is 10.4. The monoisotopic (exact) mass is 977 g/mol. The number of ether oxygens (including phenoxy) is 3. The summed E-state index contributed by atoms with van der Waals surface area (Å²) in [6, 6.07) is 22.3. The second-order valence-corrected chi connectivity index (χ2v) is 18.4. The van der Waals surface area contributed by atoms with Crippen LogP contribution in [0.3, 0.4) is 0 Å². The van der Waals surface area contributed by atoms with Crippen molar-refractivity contribution < 1.29 is 59.9 Å². The van der Waals surface area contributed by atoms with Crippen LogP contribution in [-0.4, -0.2) is 82.8 Å². The van der Waals surface area contributed by atoms with E-state index in [1.807, 2.05) is 0 Å². The van der Waals surface area contributed by atoms with Crippen molar-refractivity contribution in [3.05, 3.63) is 95.1 Å². The van der Waals surface area contributed by atoms with E-state index >= 15 is 0 Å². The van der Waals surface area contributed by atoms with Gasteiger partial charge in [-0.05, 0) is 99.7 Å². The Hall–Kier alpha value is -6.63. The topological polar surface area (TPSA) is 311 Å². The van der Waals surface area contributed by atoms with Gasteiger partial charge in [-0.2, -0.15) is 37.4 Å². The molecule has 2 heterocycles. The predicted molar refractivity (Wildman–Crippen MR) is 246 cm³/mol. The zero-order valence-corrected chi connectivity index (χ0v) is 38.5. The zero-order valence-electron chi connectivity index (χ0n) is 36.0. The molecule has 0 aliphatic carbocycles. The second-order valence-electron chi connectivity index (χ2n) is 14.5. The molecular formula is C42H43N9O13S3. The number of aromatic nitrogens is 2. The molecule has 25 heteroatoms. The lowest BCUT2D eigenvalue weighted by Gasteiger charge is -2.12. The Morgan fingerprint density at radius 3 is 1.85 bits per heavy atom. The summed E-state index contributed by atoms with van der Waals surface area (Å²) in [7, 11) is -8.54. The zero-order chi connectivity index (χ0) is 48.1. The summed E-state index contributed by atoms with van der Waals surface area (Å²) in [4.78, 5) is 4.53. The quantitative estimate of drug-likeness (QED) is 0.0116. The van der Waals surface area contributed by atoms with Gasteiger partial charge in [0.05, 0.1) is 59.4 Å². The third-order valence-corrected chi connectivity index (χ3v) is 11.8. The van der Waals surface area contributed by atoms with E-state index in [2.05, 4.69) is 51.1 Å². The van der Waals surface area contributed by atoms with Crippen molar-refractivity contribution in [3.8, 4) is 29.2 Å². The molecule has 0 saturated carbocycles. The smallest absolute Gasteiger partial charge is 0.264 e. The Balaban J connectivity index is 1.30. The molecule has 0 aliphatic rings. The number of nitriles is 1. The highest BCUT2D eigenvalue weighted by Crippen LogP contribution is 2.42. The number of aryl methyl sites for hydroxylation is 2. The van der Waals surface area contributed by atoms with Crippen molar-refractivity contribution in [1.29, 1.82) is 5.26 Å². The molecule has 67 heavy (non-hydrogen) atoms. The molecule has 0 fully saturated rings. The lowest BCUT2D eigenvalue weighted by molar-refractivity contribution is -0.432. The molecule has 0 radical (unpaired) electrons. The van der Waals surface area contributed by atoms with Crippen LogP contribution < -0.4 is 14.2 Å². The molecule has 22 nitrogen and oxygen atoms in total. The number of para-hydroxylation sites is 2. The Morgan fingerprint density at radius 1 is 0.716 bits per heavy atom. The number of imidazole rings is 1. The lowest BCUT2D eigenvalue weighted by Crippen LogP contribution is -2.08. The van der Waals surface area contributed by atoms with Crippen molar-refractivity contribution in [2.45, 2.75) is 40.0 Å². The van der Waals surface area contributed by atoms with Gasteiger partial charge in [0.2, 0.25) is 5.88 Å². The molecule has 0 amide bonds. The van der Waals surface area contributed by atoms with Crippen molar-refractivity contribution >= 4 is 83.1 Å². The first kappa shape index (κ1) is 49.8. The fourth-order valence-electron chi connectivity index (χ4n) is 6.29. The number of nitrogens with zero attached hydrogens (tertiary/aromatic N) is 9. The average molecular weight is 978 g/mol. The van der Waals surface area contributed by atoms with Crippen LogP contribution >= 0.6 is 12.0 Å². The van der Waals surface area contributed by atoms with Gasteiger partial charge in [0.1, 0.15) is 40.3 Å². The van der Waals surface area contributed by atoms with E-state index in [4.69, 9.17) is 19.5 Å². The second kappa shape index (κ2) is 22.7. The van der Waals surface area contributed by atoms with Crippen molar-refractivity contribution in [1.82, 2.24) is 9.38 Å². The molecule has 6 aromatic rings. The Bertz CT molecular complexity index is 3100. The van der Waals surface area contributed by atoms with E-state index in [9.17, 15) is 36.3 Å². The number of aromatic hydroxyl groups is 1. The SMILES string of the molecule is Cc1cc(N=Nc2cc(OCCCS(=O)(=O)O)c(N=Nc3c(C)c(C#N)c4nc5ccccc5n4c3O)cc2C)c(OCCCS(=O)(=O)O)cc1N=Nc1ccc(OCCCSOOO)cc1. The molecule has 0 unspecified atom stereocenters. The van der Waals surface area contributed by atoms with E-state index in [0.717, 1.165) is 12.0 Å². The van der Waals surface area contributed by atoms with Crippen LogP contribution in [0.25, 0.3) is 16.7 Å². The molecule has 0 aliphatic heterocycles. The summed E-state index contributed by atoms with van der Waals surface area (Å²) in [6.45, 7) is 5.17. The Morgan fingerprint density at radius 2 is 1.27 bits per heavy atom. The Kier molecular flexibility index (Phi) is 16.9.